The van der Waals surface area contributed by atoms with Crippen molar-refractivity contribution < 1.29 is 0 Å². The van der Waals surface area contributed by atoms with E-state index in [1.807, 2.05) is 0 Å². The minimum Gasteiger partial charge on any atom is -0.357 e. The highest BCUT2D eigenvalue weighted by atomic mass is 127. The van der Waals surface area contributed by atoms with Crippen LogP contribution in [0, 0.1) is 0 Å². The number of piperidine rings is 1. The number of halogens is 1. The first-order valence-corrected chi connectivity index (χ1v) is 8.08. The van der Waals surface area contributed by atoms with Gasteiger partial charge in [-0.15, -0.1) is 24.0 Å². The van der Waals surface area contributed by atoms with Crippen LogP contribution in [0.4, 0.5) is 0 Å². The highest BCUT2D eigenvalue weighted by Gasteiger charge is 2.20. The molecule has 1 unspecified atom stereocenters. The van der Waals surface area contributed by atoms with Crippen molar-refractivity contribution in [2.75, 3.05) is 32.7 Å². The molecule has 2 N–H and O–H groups in total. The van der Waals surface area contributed by atoms with E-state index in [4.69, 9.17) is 4.99 Å². The molecule has 0 aromatic rings. The number of nitrogens with zero attached hydrogens (tertiary/aromatic N) is 2. The lowest BCUT2D eigenvalue weighted by Gasteiger charge is -2.33. The number of likely N-dealkylation sites (N-methyl/N-ethyl adjacent to an activating group) is 1. The molecular formula is C15H33IN4. The van der Waals surface area contributed by atoms with Crippen molar-refractivity contribution in [3.8, 4) is 0 Å². The molecule has 0 aromatic heterocycles. The van der Waals surface area contributed by atoms with Gasteiger partial charge in [-0.2, -0.15) is 0 Å². The Kier molecular flexibility index (Phi) is 12.7. The van der Waals surface area contributed by atoms with Gasteiger partial charge in [-0.3, -0.25) is 9.89 Å². The number of likely N-dealkylation sites (tertiary alicyclic amines) is 1. The molecule has 1 fully saturated rings. The van der Waals surface area contributed by atoms with Gasteiger partial charge >= 0.3 is 0 Å². The maximum atomic E-state index is 4.76. The van der Waals surface area contributed by atoms with Crippen LogP contribution in [0.15, 0.2) is 4.99 Å². The molecule has 0 saturated carbocycles. The number of guanidine groups is 1. The molecule has 0 aliphatic carbocycles. The summed E-state index contributed by atoms with van der Waals surface area (Å²) in [7, 11) is 0. The van der Waals surface area contributed by atoms with Gasteiger partial charge in [0.25, 0.3) is 0 Å². The van der Waals surface area contributed by atoms with Crippen molar-refractivity contribution in [2.24, 2.45) is 4.99 Å². The third-order valence-corrected chi connectivity index (χ3v) is 3.78. The molecule has 5 heteroatoms. The summed E-state index contributed by atoms with van der Waals surface area (Å²) in [5.41, 5.74) is 0. The van der Waals surface area contributed by atoms with E-state index in [1.54, 1.807) is 0 Å². The SMILES string of the molecule is CCCCNC(=NCC1CCCCN1CC)NCC.I. The number of rotatable bonds is 7. The van der Waals surface area contributed by atoms with E-state index in [9.17, 15) is 0 Å². The average molecular weight is 396 g/mol. The zero-order chi connectivity index (χ0) is 13.9. The fourth-order valence-electron chi connectivity index (χ4n) is 2.61. The second kappa shape index (κ2) is 12.7. The van der Waals surface area contributed by atoms with Crippen LogP contribution in [0.5, 0.6) is 0 Å². The van der Waals surface area contributed by atoms with Gasteiger partial charge in [0, 0.05) is 19.1 Å². The lowest BCUT2D eigenvalue weighted by Crippen LogP contribution is -2.43. The Morgan fingerprint density at radius 1 is 1.20 bits per heavy atom. The highest BCUT2D eigenvalue weighted by Crippen LogP contribution is 2.16. The monoisotopic (exact) mass is 396 g/mol. The van der Waals surface area contributed by atoms with Gasteiger partial charge in [-0.05, 0) is 39.3 Å². The maximum absolute atomic E-state index is 4.76. The molecule has 1 heterocycles. The van der Waals surface area contributed by atoms with Crippen LogP contribution >= 0.6 is 24.0 Å². The molecule has 0 aromatic carbocycles. The minimum absolute atomic E-state index is 0. The Bertz CT molecular complexity index is 258. The van der Waals surface area contributed by atoms with E-state index < -0.39 is 0 Å². The summed E-state index contributed by atoms with van der Waals surface area (Å²) in [6, 6.07) is 0.639. The number of aliphatic imine (C=N–C) groups is 1. The average Bonchev–Trinajstić information content (AvgIpc) is 2.45. The summed E-state index contributed by atoms with van der Waals surface area (Å²) in [4.78, 5) is 7.33. The molecular weight excluding hydrogens is 363 g/mol. The lowest BCUT2D eigenvalue weighted by atomic mass is 10.0. The zero-order valence-electron chi connectivity index (χ0n) is 13.5. The van der Waals surface area contributed by atoms with Gasteiger partial charge in [0.15, 0.2) is 5.96 Å². The quantitative estimate of drug-likeness (QED) is 0.301. The van der Waals surface area contributed by atoms with Gasteiger partial charge in [0.1, 0.15) is 0 Å². The number of unbranched alkanes of at least 4 members (excludes halogenated alkanes) is 1. The van der Waals surface area contributed by atoms with Crippen molar-refractivity contribution in [3.05, 3.63) is 0 Å². The number of nitrogens with one attached hydrogen (secondary N) is 2. The molecule has 0 spiro atoms. The molecule has 0 radical (unpaired) electrons. The normalized spacial score (nSPS) is 20.4. The predicted molar refractivity (Wildman–Crippen MR) is 99.2 cm³/mol. The molecule has 0 amide bonds. The van der Waals surface area contributed by atoms with Gasteiger partial charge < -0.3 is 10.6 Å². The molecule has 0 bridgehead atoms. The Morgan fingerprint density at radius 2 is 2.00 bits per heavy atom. The van der Waals surface area contributed by atoms with E-state index in [1.165, 1.54) is 38.6 Å². The third-order valence-electron chi connectivity index (χ3n) is 3.78. The number of hydrogen-bond acceptors (Lipinski definition) is 2. The molecule has 1 saturated heterocycles. The van der Waals surface area contributed by atoms with Crippen LogP contribution in [0.1, 0.15) is 52.9 Å². The smallest absolute Gasteiger partial charge is 0.191 e. The summed E-state index contributed by atoms with van der Waals surface area (Å²) in [5.74, 6) is 0.984. The molecule has 20 heavy (non-hydrogen) atoms. The summed E-state index contributed by atoms with van der Waals surface area (Å²) < 4.78 is 0. The van der Waals surface area contributed by atoms with Gasteiger partial charge in [0.05, 0.1) is 6.54 Å². The fraction of sp³-hybridized carbons (Fsp3) is 0.933. The van der Waals surface area contributed by atoms with Crippen molar-refractivity contribution in [1.29, 1.82) is 0 Å². The number of hydrogen-bond donors (Lipinski definition) is 2. The first-order valence-electron chi connectivity index (χ1n) is 8.08. The fourth-order valence-corrected chi connectivity index (χ4v) is 2.61. The van der Waals surface area contributed by atoms with E-state index in [2.05, 4.69) is 36.3 Å². The first-order chi connectivity index (χ1) is 9.31. The standard InChI is InChI=1S/C15H32N4.HI/c1-4-7-11-17-15(16-5-2)18-13-14-10-8-9-12-19(14)6-3;/h14H,4-13H2,1-3H3,(H2,16,17,18);1H. The summed E-state index contributed by atoms with van der Waals surface area (Å²) in [5, 5.41) is 6.75. The zero-order valence-corrected chi connectivity index (χ0v) is 15.8. The summed E-state index contributed by atoms with van der Waals surface area (Å²) in [6.07, 6.45) is 6.43. The Balaban J connectivity index is 0.00000361. The molecule has 1 aliphatic heterocycles. The molecule has 4 nitrogen and oxygen atoms in total. The molecule has 1 atom stereocenters. The van der Waals surface area contributed by atoms with Crippen LogP contribution in [0.3, 0.4) is 0 Å². The van der Waals surface area contributed by atoms with Gasteiger partial charge in [-0.25, -0.2) is 0 Å². The molecule has 1 aliphatic rings. The summed E-state index contributed by atoms with van der Waals surface area (Å²) >= 11 is 0. The topological polar surface area (TPSA) is 39.7 Å². The minimum atomic E-state index is 0. The van der Waals surface area contributed by atoms with Crippen LogP contribution in [-0.4, -0.2) is 49.6 Å². The maximum Gasteiger partial charge on any atom is 0.191 e. The summed E-state index contributed by atoms with van der Waals surface area (Å²) in [6.45, 7) is 11.9. The van der Waals surface area contributed by atoms with E-state index in [0.29, 0.717) is 6.04 Å². The van der Waals surface area contributed by atoms with Crippen molar-refractivity contribution >= 4 is 29.9 Å². The molecule has 120 valence electrons. The van der Waals surface area contributed by atoms with Crippen LogP contribution in [0.2, 0.25) is 0 Å². The van der Waals surface area contributed by atoms with Gasteiger partial charge in [0.2, 0.25) is 0 Å². The first kappa shape index (κ1) is 20.0. The Labute approximate surface area is 142 Å². The Morgan fingerprint density at radius 3 is 2.65 bits per heavy atom. The molecule has 1 rings (SSSR count). The van der Waals surface area contributed by atoms with Crippen LogP contribution in [-0.2, 0) is 0 Å². The van der Waals surface area contributed by atoms with Crippen LogP contribution < -0.4 is 10.6 Å². The second-order valence-corrected chi connectivity index (χ2v) is 5.28. The van der Waals surface area contributed by atoms with Gasteiger partial charge in [-0.1, -0.05) is 26.7 Å². The van der Waals surface area contributed by atoms with Crippen LogP contribution in [0.25, 0.3) is 0 Å². The van der Waals surface area contributed by atoms with E-state index in [0.717, 1.165) is 32.1 Å². The second-order valence-electron chi connectivity index (χ2n) is 5.28. The van der Waals surface area contributed by atoms with Crippen molar-refractivity contribution in [3.63, 3.8) is 0 Å². The van der Waals surface area contributed by atoms with E-state index in [-0.39, 0.29) is 24.0 Å². The predicted octanol–water partition coefficient (Wildman–Crippen LogP) is 2.83. The van der Waals surface area contributed by atoms with Crippen molar-refractivity contribution in [2.45, 2.75) is 58.9 Å². The van der Waals surface area contributed by atoms with Crippen molar-refractivity contribution in [1.82, 2.24) is 15.5 Å². The largest absolute Gasteiger partial charge is 0.357 e. The Hall–Kier alpha value is -0.0400. The lowest BCUT2D eigenvalue weighted by molar-refractivity contribution is 0.161. The van der Waals surface area contributed by atoms with E-state index >= 15 is 0 Å². The highest BCUT2D eigenvalue weighted by molar-refractivity contribution is 14.0. The third kappa shape index (κ3) is 7.67.